The van der Waals surface area contributed by atoms with Crippen LogP contribution in [0.3, 0.4) is 0 Å². The summed E-state index contributed by atoms with van der Waals surface area (Å²) in [4.78, 5) is 0. The zero-order valence-corrected chi connectivity index (χ0v) is 17.1. The molecule has 0 bridgehead atoms. The molecule has 0 saturated carbocycles. The van der Waals surface area contributed by atoms with Gasteiger partial charge in [-0.3, -0.25) is 0 Å². The minimum absolute atomic E-state index is 0. The van der Waals surface area contributed by atoms with Gasteiger partial charge >= 0.3 is 126 Å². The van der Waals surface area contributed by atoms with E-state index in [1.54, 1.807) is 0 Å². The molecule has 2 radical (unpaired) electrons. The van der Waals surface area contributed by atoms with Gasteiger partial charge in [-0.1, -0.05) is 0 Å². The molecule has 0 aromatic heterocycles. The average Bonchev–Trinajstić information content (AvgIpc) is 1.54. The number of rotatable bonds is 0. The van der Waals surface area contributed by atoms with Gasteiger partial charge in [-0.2, -0.15) is 0 Å². The van der Waals surface area contributed by atoms with Gasteiger partial charge in [0.25, 0.3) is 0 Å². The van der Waals surface area contributed by atoms with Crippen LogP contribution in [0.25, 0.3) is 0 Å². The van der Waals surface area contributed by atoms with Gasteiger partial charge < -0.3 is 0 Å². The van der Waals surface area contributed by atoms with E-state index in [2.05, 4.69) is 0 Å². The van der Waals surface area contributed by atoms with Gasteiger partial charge in [-0.25, -0.2) is 0 Å². The van der Waals surface area contributed by atoms with Gasteiger partial charge in [0.15, 0.2) is 0 Å². The molecule has 14 heavy (non-hydrogen) atoms. The third-order valence-electron chi connectivity index (χ3n) is 0. The molecule has 0 aliphatic rings. The summed E-state index contributed by atoms with van der Waals surface area (Å²) in [7, 11) is 0. The molecule has 0 fully saturated rings. The topological polar surface area (TPSA) is 190 Å². The molecule has 14 heteroatoms. The summed E-state index contributed by atoms with van der Waals surface area (Å²) in [5, 5.41) is 0. The van der Waals surface area contributed by atoms with Crippen molar-refractivity contribution in [3.8, 4) is 0 Å². The zero-order chi connectivity index (χ0) is 10.7. The Hall–Kier alpha value is 2.62. The monoisotopic (exact) mass is 608 g/mol. The van der Waals surface area contributed by atoms with E-state index in [1.807, 2.05) is 0 Å². The van der Waals surface area contributed by atoms with Crippen LogP contribution < -0.4 is 20.7 Å². The van der Waals surface area contributed by atoms with Gasteiger partial charge in [-0.15, -0.1) is 0 Å². The second-order valence-electron chi connectivity index (χ2n) is 0.750. The van der Waals surface area contributed by atoms with Crippen LogP contribution in [0.15, 0.2) is 0 Å². The molecular weight excluding hydrogens is 604 g/mol. The molecule has 0 atom stereocenters. The average molecular weight is 604 g/mol. The standard InChI is InChI=1S/2Cr.9O.3Sn/q2*+3;;;;6*-1;;;. The fourth-order valence-corrected chi connectivity index (χ4v) is 0. The maximum absolute atomic E-state index is 8.61. The second kappa shape index (κ2) is 24.7. The van der Waals surface area contributed by atoms with E-state index < -0.39 is 61.7 Å². The Morgan fingerprint density at radius 3 is 0.500 bits per heavy atom. The van der Waals surface area contributed by atoms with E-state index >= 15 is 0 Å². The molecule has 0 rings (SSSR count). The van der Waals surface area contributed by atoms with E-state index in [0.717, 1.165) is 0 Å². The molecule has 0 spiro atoms. The predicted molar refractivity (Wildman–Crippen MR) is 19.3 cm³/mol. The van der Waals surface area contributed by atoms with E-state index in [1.165, 1.54) is 0 Å². The van der Waals surface area contributed by atoms with Crippen molar-refractivity contribution < 1.29 is 64.6 Å². The quantitative estimate of drug-likeness (QED) is 0.242. The normalized spacial score (nSPS) is 5.57. The van der Waals surface area contributed by atoms with Crippen LogP contribution >= 0.6 is 0 Å². The number of hydrogen-bond donors (Lipinski definition) is 0. The summed E-state index contributed by atoms with van der Waals surface area (Å²) < 4.78 is 77.5. The SMILES string of the molecule is [Cr+3].[Cr+3].[O]=[Sn]([O-])[O-].[O]=[Sn]([O-])[O-].[O]=[Sn]([O-])[O-]. The molecular formula is Cr2O9Sn3. The van der Waals surface area contributed by atoms with Crippen molar-refractivity contribution >= 4 is 61.7 Å². The fourth-order valence-electron chi connectivity index (χ4n) is 0. The van der Waals surface area contributed by atoms with Gasteiger partial charge in [-0.05, 0) is 0 Å². The first-order chi connectivity index (χ1) is 5.20. The zero-order valence-electron chi connectivity index (χ0n) is 5.99. The van der Waals surface area contributed by atoms with Crippen LogP contribution in [0, 0.1) is 0 Å². The first-order valence-electron chi connectivity index (χ1n) is 1.84. The van der Waals surface area contributed by atoms with Crippen LogP contribution in [0.5, 0.6) is 0 Å². The van der Waals surface area contributed by atoms with Gasteiger partial charge in [0.05, 0.1) is 0 Å². The first kappa shape index (κ1) is 30.0. The second-order valence-corrected chi connectivity index (χ2v) is 5.03. The van der Waals surface area contributed by atoms with Gasteiger partial charge in [0.2, 0.25) is 0 Å². The molecule has 0 aromatic carbocycles. The van der Waals surface area contributed by atoms with Crippen LogP contribution in [-0.4, -0.2) is 61.7 Å². The predicted octanol–water partition coefficient (Wildman–Crippen LogP) is -8.64. The van der Waals surface area contributed by atoms with Gasteiger partial charge in [0, 0.05) is 0 Å². The molecule has 0 aliphatic carbocycles. The maximum atomic E-state index is 8.61. The van der Waals surface area contributed by atoms with Crippen LogP contribution in [0.2, 0.25) is 0 Å². The summed E-state index contributed by atoms with van der Waals surface area (Å²) >= 11 is -12.9. The molecule has 0 aromatic rings. The van der Waals surface area contributed by atoms with Crippen molar-refractivity contribution in [2.75, 3.05) is 0 Å². The summed E-state index contributed by atoms with van der Waals surface area (Å²) in [6.45, 7) is 0. The van der Waals surface area contributed by atoms with E-state index in [9.17, 15) is 0 Å². The third kappa shape index (κ3) is 395. The Morgan fingerprint density at radius 1 is 0.500 bits per heavy atom. The van der Waals surface area contributed by atoms with Crippen LogP contribution in [0.4, 0.5) is 0 Å². The Bertz CT molecular complexity index is 116. The molecule has 0 saturated heterocycles. The van der Waals surface area contributed by atoms with Crippen molar-refractivity contribution in [1.29, 1.82) is 0 Å². The molecule has 9 nitrogen and oxygen atoms in total. The van der Waals surface area contributed by atoms with Crippen molar-refractivity contribution in [3.63, 3.8) is 0 Å². The van der Waals surface area contributed by atoms with E-state index in [0.29, 0.717) is 0 Å². The third-order valence-corrected chi connectivity index (χ3v) is 0. The van der Waals surface area contributed by atoms with Crippen LogP contribution in [-0.2, 0) is 44.0 Å². The van der Waals surface area contributed by atoms with Crippen molar-refractivity contribution in [2.45, 2.75) is 0 Å². The van der Waals surface area contributed by atoms with Crippen LogP contribution in [0.1, 0.15) is 0 Å². The molecule has 0 unspecified atom stereocenters. The first-order valence-corrected chi connectivity index (χ1v) is 12.3. The summed E-state index contributed by atoms with van der Waals surface area (Å²) in [6.07, 6.45) is 0. The Morgan fingerprint density at radius 2 is 0.500 bits per heavy atom. The molecule has 0 amide bonds. The fraction of sp³-hybridized carbons (Fsp3) is 0. The summed E-state index contributed by atoms with van der Waals surface area (Å²) in [5.41, 5.74) is 0. The summed E-state index contributed by atoms with van der Waals surface area (Å²) in [6, 6.07) is 0. The number of hydrogen-bond acceptors (Lipinski definition) is 9. The Labute approximate surface area is 124 Å². The minimum atomic E-state index is -4.29. The van der Waals surface area contributed by atoms with Gasteiger partial charge in [0.1, 0.15) is 0 Å². The van der Waals surface area contributed by atoms with Crippen molar-refractivity contribution in [1.82, 2.24) is 0 Å². The Balaban J connectivity index is -0.0000000270. The summed E-state index contributed by atoms with van der Waals surface area (Å²) in [5.74, 6) is 0. The van der Waals surface area contributed by atoms with E-state index in [4.69, 9.17) is 29.9 Å². The molecule has 0 N–H and O–H groups in total. The van der Waals surface area contributed by atoms with E-state index in [-0.39, 0.29) is 34.7 Å². The van der Waals surface area contributed by atoms with Crippen molar-refractivity contribution in [3.05, 3.63) is 0 Å². The molecule has 0 heterocycles. The Kier molecular flexibility index (Phi) is 53.0. The molecule has 0 aliphatic heterocycles. The van der Waals surface area contributed by atoms with Crippen molar-refractivity contribution in [2.24, 2.45) is 0 Å². The molecule has 78 valence electrons.